The van der Waals surface area contributed by atoms with Crippen molar-refractivity contribution in [3.63, 3.8) is 0 Å². The van der Waals surface area contributed by atoms with Crippen molar-refractivity contribution >= 4 is 11.9 Å². The molecule has 0 saturated carbocycles. The first-order valence-electron chi connectivity index (χ1n) is 13.0. The molecule has 0 rings (SSSR count). The minimum atomic E-state index is -1.14. The van der Waals surface area contributed by atoms with E-state index in [9.17, 15) is 14.7 Å². The molecule has 1 atom stereocenters. The van der Waals surface area contributed by atoms with Gasteiger partial charge in [0.1, 0.15) is 11.8 Å². The van der Waals surface area contributed by atoms with Crippen LogP contribution in [0.3, 0.4) is 0 Å². The molecule has 2 N–H and O–H groups in total. The summed E-state index contributed by atoms with van der Waals surface area (Å²) in [5.41, 5.74) is -0.0922. The van der Waals surface area contributed by atoms with E-state index in [0.717, 1.165) is 51.4 Å². The third-order valence-corrected chi connectivity index (χ3v) is 4.89. The summed E-state index contributed by atoms with van der Waals surface area (Å²) in [6, 6.07) is 0. The van der Waals surface area contributed by atoms with Crippen molar-refractivity contribution in [2.75, 3.05) is 6.61 Å². The average molecular weight is 486 g/mol. The SMILES string of the molecule is CC/C=C\C/C=C\C/C=C\C/C=C\C/C=C\CCCCO[C@@H](CC)C(=O)NC(=CC(C)C)C(=O)O. The second kappa shape index (κ2) is 23.1. The van der Waals surface area contributed by atoms with Gasteiger partial charge in [0.25, 0.3) is 5.91 Å². The molecule has 0 aromatic heterocycles. The number of carbonyl (C=O) groups excluding carboxylic acids is 1. The zero-order valence-corrected chi connectivity index (χ0v) is 22.2. The van der Waals surface area contributed by atoms with E-state index in [1.807, 2.05) is 20.8 Å². The molecule has 0 heterocycles. The van der Waals surface area contributed by atoms with Crippen LogP contribution in [0.5, 0.6) is 0 Å². The molecule has 5 heteroatoms. The number of hydrogen-bond donors (Lipinski definition) is 2. The fourth-order valence-electron chi connectivity index (χ4n) is 3.05. The molecule has 0 aromatic carbocycles. The van der Waals surface area contributed by atoms with E-state index in [2.05, 4.69) is 73.0 Å². The molecule has 0 bridgehead atoms. The smallest absolute Gasteiger partial charge is 0.352 e. The van der Waals surface area contributed by atoms with Crippen LogP contribution in [0, 0.1) is 5.92 Å². The lowest BCUT2D eigenvalue weighted by Gasteiger charge is -2.16. The summed E-state index contributed by atoms with van der Waals surface area (Å²) in [6.45, 7) is 8.20. The number of allylic oxidation sites excluding steroid dienone is 11. The molecule has 0 unspecified atom stereocenters. The summed E-state index contributed by atoms with van der Waals surface area (Å²) < 4.78 is 5.69. The zero-order valence-electron chi connectivity index (χ0n) is 22.2. The molecular weight excluding hydrogens is 438 g/mol. The maximum Gasteiger partial charge on any atom is 0.352 e. The topological polar surface area (TPSA) is 75.6 Å². The van der Waals surface area contributed by atoms with E-state index in [1.165, 1.54) is 6.08 Å². The molecule has 5 nitrogen and oxygen atoms in total. The Bertz CT molecular complexity index is 741. The Kier molecular flexibility index (Phi) is 21.3. The van der Waals surface area contributed by atoms with E-state index in [1.54, 1.807) is 0 Å². The largest absolute Gasteiger partial charge is 0.477 e. The second-order valence-electron chi connectivity index (χ2n) is 8.59. The van der Waals surface area contributed by atoms with Crippen LogP contribution in [-0.4, -0.2) is 29.7 Å². The van der Waals surface area contributed by atoms with Crippen molar-refractivity contribution in [2.24, 2.45) is 5.92 Å². The fourth-order valence-corrected chi connectivity index (χ4v) is 3.05. The van der Waals surface area contributed by atoms with Crippen LogP contribution in [0.4, 0.5) is 0 Å². The van der Waals surface area contributed by atoms with Gasteiger partial charge in [0, 0.05) is 6.61 Å². The Morgan fingerprint density at radius 3 is 1.77 bits per heavy atom. The molecule has 0 fully saturated rings. The Labute approximate surface area is 213 Å². The molecule has 0 radical (unpaired) electrons. The highest BCUT2D eigenvalue weighted by Crippen LogP contribution is 2.06. The summed E-state index contributed by atoms with van der Waals surface area (Å²) >= 11 is 0. The van der Waals surface area contributed by atoms with Gasteiger partial charge < -0.3 is 15.2 Å². The monoisotopic (exact) mass is 485 g/mol. The molecule has 0 aliphatic heterocycles. The molecule has 1 amide bonds. The van der Waals surface area contributed by atoms with E-state index in [-0.39, 0.29) is 11.6 Å². The first-order valence-corrected chi connectivity index (χ1v) is 13.0. The van der Waals surface area contributed by atoms with Gasteiger partial charge in [0.15, 0.2) is 0 Å². The van der Waals surface area contributed by atoms with Crippen molar-refractivity contribution in [1.82, 2.24) is 5.32 Å². The number of carbonyl (C=O) groups is 2. The van der Waals surface area contributed by atoms with Gasteiger partial charge in [-0.15, -0.1) is 0 Å². The van der Waals surface area contributed by atoms with Crippen LogP contribution in [0.15, 0.2) is 72.5 Å². The third kappa shape index (κ3) is 20.4. The number of hydrogen-bond acceptors (Lipinski definition) is 3. The van der Waals surface area contributed by atoms with Crippen LogP contribution in [0.1, 0.15) is 85.5 Å². The molecule has 0 aliphatic carbocycles. The van der Waals surface area contributed by atoms with Crippen molar-refractivity contribution < 1.29 is 19.4 Å². The Morgan fingerprint density at radius 2 is 1.31 bits per heavy atom. The lowest BCUT2D eigenvalue weighted by atomic mass is 10.1. The summed E-state index contributed by atoms with van der Waals surface area (Å²) in [7, 11) is 0. The molecule has 0 spiro atoms. The fraction of sp³-hybridized carbons (Fsp3) is 0.533. The number of aliphatic carboxylic acids is 1. The zero-order chi connectivity index (χ0) is 26.2. The maximum atomic E-state index is 12.3. The number of rotatable bonds is 20. The van der Waals surface area contributed by atoms with Crippen molar-refractivity contribution in [1.29, 1.82) is 0 Å². The highest BCUT2D eigenvalue weighted by molar-refractivity contribution is 5.94. The van der Waals surface area contributed by atoms with Crippen LogP contribution in [0.2, 0.25) is 0 Å². The van der Waals surface area contributed by atoms with Crippen molar-refractivity contribution in [3.8, 4) is 0 Å². The average Bonchev–Trinajstić information content (AvgIpc) is 2.82. The predicted octanol–water partition coefficient (Wildman–Crippen LogP) is 7.44. The maximum absolute atomic E-state index is 12.3. The number of ether oxygens (including phenoxy) is 1. The Hall–Kier alpha value is -2.66. The van der Waals surface area contributed by atoms with Gasteiger partial charge in [-0.05, 0) is 63.7 Å². The Balaban J connectivity index is 3.93. The highest BCUT2D eigenvalue weighted by atomic mass is 16.5. The summed E-state index contributed by atoms with van der Waals surface area (Å²) in [4.78, 5) is 23.6. The van der Waals surface area contributed by atoms with E-state index in [0.29, 0.717) is 13.0 Å². The first kappa shape index (κ1) is 32.3. The number of carboxylic acids is 1. The minimum absolute atomic E-state index is 0.0263. The lowest BCUT2D eigenvalue weighted by Crippen LogP contribution is -2.38. The molecular formula is C30H47NO4. The highest BCUT2D eigenvalue weighted by Gasteiger charge is 2.20. The molecule has 0 aliphatic rings. The lowest BCUT2D eigenvalue weighted by molar-refractivity contribution is -0.137. The summed E-state index contributed by atoms with van der Waals surface area (Å²) in [5, 5.41) is 11.7. The van der Waals surface area contributed by atoms with Crippen molar-refractivity contribution in [3.05, 3.63) is 72.5 Å². The molecule has 0 saturated heterocycles. The third-order valence-electron chi connectivity index (χ3n) is 4.89. The van der Waals surface area contributed by atoms with Crippen molar-refractivity contribution in [2.45, 2.75) is 91.6 Å². The van der Waals surface area contributed by atoms with Crippen LogP contribution in [0.25, 0.3) is 0 Å². The van der Waals surface area contributed by atoms with Gasteiger partial charge in [-0.2, -0.15) is 0 Å². The van der Waals surface area contributed by atoms with Gasteiger partial charge >= 0.3 is 5.97 Å². The number of carboxylic acid groups (broad SMARTS) is 1. The summed E-state index contributed by atoms with van der Waals surface area (Å²) in [5.74, 6) is -1.52. The normalized spacial score (nSPS) is 13.9. The van der Waals surface area contributed by atoms with Crippen LogP contribution < -0.4 is 5.32 Å². The number of unbranched alkanes of at least 4 members (excludes halogenated alkanes) is 2. The quantitative estimate of drug-likeness (QED) is 0.107. The standard InChI is InChI=1S/C30H47NO4/c1-5-7-8-9-10-11-12-13-14-15-16-17-18-19-20-21-22-23-24-35-28(6-2)29(32)31-27(30(33)34)25-26(3)4/h7-8,10-11,13-14,16-17,19-20,25-26,28H,5-6,9,12,15,18,21-24H2,1-4H3,(H,31,32)(H,33,34)/b8-7-,11-10-,14-13-,17-16-,20-19-,27-25?/t28-/m0/s1. The van der Waals surface area contributed by atoms with Gasteiger partial charge in [0.2, 0.25) is 0 Å². The Morgan fingerprint density at radius 1 is 0.800 bits per heavy atom. The molecule has 35 heavy (non-hydrogen) atoms. The van der Waals surface area contributed by atoms with E-state index < -0.39 is 18.0 Å². The van der Waals surface area contributed by atoms with Crippen LogP contribution >= 0.6 is 0 Å². The molecule has 196 valence electrons. The minimum Gasteiger partial charge on any atom is -0.477 e. The number of amides is 1. The second-order valence-corrected chi connectivity index (χ2v) is 8.59. The van der Waals surface area contributed by atoms with Gasteiger partial charge in [-0.3, -0.25) is 4.79 Å². The van der Waals surface area contributed by atoms with Gasteiger partial charge in [0.05, 0.1) is 0 Å². The van der Waals surface area contributed by atoms with E-state index >= 15 is 0 Å². The van der Waals surface area contributed by atoms with Gasteiger partial charge in [-0.25, -0.2) is 4.79 Å². The molecule has 0 aromatic rings. The van der Waals surface area contributed by atoms with Crippen LogP contribution in [-0.2, 0) is 14.3 Å². The number of nitrogens with one attached hydrogen (secondary N) is 1. The predicted molar refractivity (Wildman–Crippen MR) is 147 cm³/mol. The van der Waals surface area contributed by atoms with E-state index in [4.69, 9.17) is 4.74 Å². The van der Waals surface area contributed by atoms with Gasteiger partial charge in [-0.1, -0.05) is 94.5 Å². The summed E-state index contributed by atoms with van der Waals surface area (Å²) in [6.07, 6.45) is 31.1. The first-order chi connectivity index (χ1) is 16.9.